The Bertz CT molecular complexity index is 332. The molecule has 0 unspecified atom stereocenters. The van der Waals surface area contributed by atoms with Gasteiger partial charge in [-0.1, -0.05) is 44.3 Å². The number of piperazine rings is 1. The van der Waals surface area contributed by atoms with Crippen molar-refractivity contribution < 1.29 is 4.79 Å². The van der Waals surface area contributed by atoms with Crippen LogP contribution in [0.4, 0.5) is 0 Å². The van der Waals surface area contributed by atoms with Gasteiger partial charge in [-0.3, -0.25) is 9.69 Å². The second-order valence-electron chi connectivity index (χ2n) is 6.11. The van der Waals surface area contributed by atoms with Gasteiger partial charge in [0.2, 0.25) is 5.91 Å². The lowest BCUT2D eigenvalue weighted by molar-refractivity contribution is -0.137. The number of nitrogens with zero attached hydrogens (tertiary/aromatic N) is 2. The zero-order chi connectivity index (χ0) is 14.4. The van der Waals surface area contributed by atoms with Gasteiger partial charge >= 0.3 is 0 Å². The van der Waals surface area contributed by atoms with Crippen LogP contribution in [0.15, 0.2) is 0 Å². The van der Waals surface area contributed by atoms with Gasteiger partial charge in [-0.05, 0) is 12.8 Å². The molecule has 1 amide bonds. The first-order chi connectivity index (χ1) is 9.66. The quantitative estimate of drug-likeness (QED) is 0.807. The zero-order valence-electron chi connectivity index (χ0n) is 12.4. The molecule has 114 valence electrons. The van der Waals surface area contributed by atoms with Crippen LogP contribution in [0, 0.1) is 5.92 Å². The Morgan fingerprint density at radius 2 is 1.55 bits per heavy atom. The summed E-state index contributed by atoms with van der Waals surface area (Å²) in [7, 11) is 0. The highest BCUT2D eigenvalue weighted by molar-refractivity contribution is 7.80. The van der Waals surface area contributed by atoms with Gasteiger partial charge in [-0.25, -0.2) is 0 Å². The molecular weight excluding hydrogens is 270 g/mol. The molecule has 0 bridgehead atoms. The van der Waals surface area contributed by atoms with E-state index in [1.165, 1.54) is 32.1 Å². The molecule has 1 heterocycles. The monoisotopic (exact) mass is 297 g/mol. The smallest absolute Gasteiger partial charge is 0.225 e. The zero-order valence-corrected chi connectivity index (χ0v) is 13.2. The number of nitrogens with two attached hydrogens (primary N) is 1. The first-order valence-electron chi connectivity index (χ1n) is 7.96. The highest BCUT2D eigenvalue weighted by Gasteiger charge is 2.27. The molecule has 2 N–H and O–H groups in total. The van der Waals surface area contributed by atoms with E-state index in [0.29, 0.717) is 17.4 Å². The number of hydrogen-bond acceptors (Lipinski definition) is 3. The lowest BCUT2D eigenvalue weighted by Gasteiger charge is -2.36. The van der Waals surface area contributed by atoms with Gasteiger partial charge in [0.15, 0.2) is 0 Å². The van der Waals surface area contributed by atoms with Crippen LogP contribution in [0.3, 0.4) is 0 Å². The number of hydrogen-bond donors (Lipinski definition) is 1. The fraction of sp³-hybridized carbons (Fsp3) is 0.867. The summed E-state index contributed by atoms with van der Waals surface area (Å²) in [6.45, 7) is 4.14. The molecule has 1 saturated carbocycles. The molecule has 4 nitrogen and oxygen atoms in total. The van der Waals surface area contributed by atoms with Crippen LogP contribution in [0.5, 0.6) is 0 Å². The summed E-state index contributed by atoms with van der Waals surface area (Å²) in [5.41, 5.74) is 5.58. The molecule has 1 aliphatic carbocycles. The minimum atomic E-state index is 0.275. The SMILES string of the molecule is NC(=S)CN1CCN(C(=O)C2CCCCCCC2)CC1. The second-order valence-corrected chi connectivity index (χ2v) is 6.63. The molecular formula is C15H27N3OS. The summed E-state index contributed by atoms with van der Waals surface area (Å²) in [6, 6.07) is 0. The van der Waals surface area contributed by atoms with Crippen molar-refractivity contribution in [1.82, 2.24) is 9.80 Å². The number of carbonyl (C=O) groups is 1. The Hall–Kier alpha value is -0.680. The summed E-state index contributed by atoms with van der Waals surface area (Å²) in [5.74, 6) is 0.666. The highest BCUT2D eigenvalue weighted by Crippen LogP contribution is 2.24. The Morgan fingerprint density at radius 1 is 1.00 bits per heavy atom. The van der Waals surface area contributed by atoms with Crippen LogP contribution in [-0.2, 0) is 4.79 Å². The Kier molecular flexibility index (Phi) is 6.23. The Labute approximate surface area is 127 Å². The number of amides is 1. The van der Waals surface area contributed by atoms with E-state index in [1.54, 1.807) is 0 Å². The molecule has 2 aliphatic rings. The summed E-state index contributed by atoms with van der Waals surface area (Å²) in [5, 5.41) is 0. The van der Waals surface area contributed by atoms with Gasteiger partial charge in [-0.15, -0.1) is 0 Å². The molecule has 2 fully saturated rings. The highest BCUT2D eigenvalue weighted by atomic mass is 32.1. The van der Waals surface area contributed by atoms with Crippen LogP contribution in [0.1, 0.15) is 44.9 Å². The summed E-state index contributed by atoms with van der Waals surface area (Å²) < 4.78 is 0. The Balaban J connectivity index is 1.79. The first-order valence-corrected chi connectivity index (χ1v) is 8.37. The fourth-order valence-electron chi connectivity index (χ4n) is 3.31. The van der Waals surface area contributed by atoms with E-state index >= 15 is 0 Å². The van der Waals surface area contributed by atoms with Crippen molar-refractivity contribution in [3.05, 3.63) is 0 Å². The largest absolute Gasteiger partial charge is 0.392 e. The maximum absolute atomic E-state index is 12.6. The number of rotatable bonds is 3. The molecule has 0 spiro atoms. The van der Waals surface area contributed by atoms with E-state index in [1.807, 2.05) is 0 Å². The molecule has 5 heteroatoms. The van der Waals surface area contributed by atoms with Crippen molar-refractivity contribution in [2.45, 2.75) is 44.9 Å². The summed E-state index contributed by atoms with van der Waals surface area (Å²) >= 11 is 4.94. The normalized spacial score (nSPS) is 23.1. The van der Waals surface area contributed by atoms with E-state index in [0.717, 1.165) is 39.0 Å². The van der Waals surface area contributed by atoms with Gasteiger partial charge in [0.05, 0.1) is 4.99 Å². The summed E-state index contributed by atoms with van der Waals surface area (Å²) in [4.78, 5) is 17.4. The van der Waals surface area contributed by atoms with E-state index < -0.39 is 0 Å². The summed E-state index contributed by atoms with van der Waals surface area (Å²) in [6.07, 6.45) is 8.56. The lowest BCUT2D eigenvalue weighted by atomic mass is 9.90. The third-order valence-electron chi connectivity index (χ3n) is 4.52. The first kappa shape index (κ1) is 15.7. The van der Waals surface area contributed by atoms with Crippen molar-refractivity contribution in [1.29, 1.82) is 0 Å². The molecule has 0 radical (unpaired) electrons. The lowest BCUT2D eigenvalue weighted by Crippen LogP contribution is -2.51. The van der Waals surface area contributed by atoms with Crippen LogP contribution < -0.4 is 5.73 Å². The predicted molar refractivity (Wildman–Crippen MR) is 85.6 cm³/mol. The third-order valence-corrected chi connectivity index (χ3v) is 4.65. The Morgan fingerprint density at radius 3 is 2.10 bits per heavy atom. The van der Waals surface area contributed by atoms with E-state index in [2.05, 4.69) is 9.80 Å². The average molecular weight is 297 g/mol. The fourth-order valence-corrected chi connectivity index (χ4v) is 3.49. The van der Waals surface area contributed by atoms with Crippen molar-refractivity contribution >= 4 is 23.1 Å². The van der Waals surface area contributed by atoms with Crippen LogP contribution in [-0.4, -0.2) is 53.4 Å². The molecule has 0 aromatic heterocycles. The second kappa shape index (κ2) is 7.93. The van der Waals surface area contributed by atoms with Crippen molar-refractivity contribution in [2.75, 3.05) is 32.7 Å². The van der Waals surface area contributed by atoms with Gasteiger partial charge in [0, 0.05) is 38.6 Å². The predicted octanol–water partition coefficient (Wildman–Crippen LogP) is 1.78. The topological polar surface area (TPSA) is 49.6 Å². The van der Waals surface area contributed by atoms with E-state index in [-0.39, 0.29) is 5.92 Å². The van der Waals surface area contributed by atoms with Gasteiger partial charge in [0.1, 0.15) is 0 Å². The molecule has 2 rings (SSSR count). The number of carbonyl (C=O) groups excluding carboxylic acids is 1. The molecule has 1 aliphatic heterocycles. The standard InChI is InChI=1S/C15H27N3OS/c16-14(20)12-17-8-10-18(11-9-17)15(19)13-6-4-2-1-3-5-7-13/h13H,1-12H2,(H2,16,20). The van der Waals surface area contributed by atoms with Crippen molar-refractivity contribution in [3.8, 4) is 0 Å². The van der Waals surface area contributed by atoms with Crippen LogP contribution in [0.2, 0.25) is 0 Å². The van der Waals surface area contributed by atoms with Crippen LogP contribution >= 0.6 is 12.2 Å². The van der Waals surface area contributed by atoms with Gasteiger partial charge in [-0.2, -0.15) is 0 Å². The number of thiocarbonyl (C=S) groups is 1. The van der Waals surface area contributed by atoms with Gasteiger partial charge < -0.3 is 10.6 Å². The molecule has 0 aromatic carbocycles. The molecule has 20 heavy (non-hydrogen) atoms. The van der Waals surface area contributed by atoms with Crippen LogP contribution in [0.25, 0.3) is 0 Å². The minimum absolute atomic E-state index is 0.275. The maximum Gasteiger partial charge on any atom is 0.225 e. The van der Waals surface area contributed by atoms with Crippen molar-refractivity contribution in [2.24, 2.45) is 11.7 Å². The molecule has 0 atom stereocenters. The molecule has 1 saturated heterocycles. The van der Waals surface area contributed by atoms with E-state index in [9.17, 15) is 4.79 Å². The van der Waals surface area contributed by atoms with E-state index in [4.69, 9.17) is 18.0 Å². The van der Waals surface area contributed by atoms with Crippen molar-refractivity contribution in [3.63, 3.8) is 0 Å². The average Bonchev–Trinajstić information content (AvgIpc) is 2.38. The minimum Gasteiger partial charge on any atom is -0.392 e. The van der Waals surface area contributed by atoms with Gasteiger partial charge in [0.25, 0.3) is 0 Å². The molecule has 0 aromatic rings. The third kappa shape index (κ3) is 4.70. The maximum atomic E-state index is 12.6.